The number of ether oxygens (including phenoxy) is 3. The molecule has 0 radical (unpaired) electrons. The predicted molar refractivity (Wildman–Crippen MR) is 169 cm³/mol. The number of carbonyl (C=O) groups excluding carboxylic acids is 1. The van der Waals surface area contributed by atoms with Crippen molar-refractivity contribution >= 4 is 23.1 Å². The van der Waals surface area contributed by atoms with Gasteiger partial charge in [-0.25, -0.2) is 14.4 Å². The number of nitrogens with one attached hydrogen (secondary N) is 1. The van der Waals surface area contributed by atoms with Gasteiger partial charge in [0.15, 0.2) is 18.1 Å². The van der Waals surface area contributed by atoms with Crippen LogP contribution in [0.25, 0.3) is 11.4 Å². The Balaban J connectivity index is 1.06. The highest BCUT2D eigenvalue weighted by molar-refractivity contribution is 5.81. The molecule has 6 rings (SSSR count). The fraction of sp³-hybridized carbons (Fsp3) is 0.455. The predicted octanol–water partition coefficient (Wildman–Crippen LogP) is 2.60. The summed E-state index contributed by atoms with van der Waals surface area (Å²) >= 11 is 0. The van der Waals surface area contributed by atoms with Gasteiger partial charge >= 0.3 is 0 Å². The van der Waals surface area contributed by atoms with Crippen molar-refractivity contribution in [3.8, 4) is 23.2 Å². The molecule has 2 aromatic carbocycles. The number of nitriles is 1. The second kappa shape index (κ2) is 14.4. The molecule has 0 saturated carbocycles. The number of aliphatic hydroxyl groups is 1. The number of rotatable bonds is 10. The molecule has 2 N–H and O–H groups in total. The van der Waals surface area contributed by atoms with Crippen molar-refractivity contribution in [3.63, 3.8) is 0 Å². The lowest BCUT2D eigenvalue weighted by atomic mass is 10.0. The molecule has 242 valence electrons. The first-order chi connectivity index (χ1) is 22.4. The minimum atomic E-state index is -1.49. The van der Waals surface area contributed by atoms with E-state index in [2.05, 4.69) is 43.3 Å². The molecule has 0 aliphatic carbocycles. The summed E-state index contributed by atoms with van der Waals surface area (Å²) in [4.78, 5) is 27.5. The number of piperazine rings is 1. The fourth-order valence-corrected chi connectivity index (χ4v) is 5.93. The fourth-order valence-electron chi connectivity index (χ4n) is 5.93. The van der Waals surface area contributed by atoms with Crippen LogP contribution in [0.4, 0.5) is 21.6 Å². The van der Waals surface area contributed by atoms with Crippen LogP contribution in [0.2, 0.25) is 0 Å². The van der Waals surface area contributed by atoms with Crippen LogP contribution in [-0.4, -0.2) is 121 Å². The number of benzene rings is 2. The van der Waals surface area contributed by atoms with Crippen LogP contribution in [0.15, 0.2) is 54.7 Å². The van der Waals surface area contributed by atoms with E-state index < -0.39 is 24.3 Å². The van der Waals surface area contributed by atoms with Gasteiger partial charge in [-0.3, -0.25) is 9.69 Å². The van der Waals surface area contributed by atoms with Gasteiger partial charge in [0, 0.05) is 69.4 Å². The first-order valence-electron chi connectivity index (χ1n) is 15.5. The number of aliphatic hydroxyl groups excluding tert-OH is 1. The molecule has 3 aliphatic rings. The lowest BCUT2D eigenvalue weighted by Crippen LogP contribution is -2.56. The minimum absolute atomic E-state index is 0.157. The van der Waals surface area contributed by atoms with Crippen LogP contribution in [-0.2, 0) is 14.3 Å². The third-order valence-electron chi connectivity index (χ3n) is 8.65. The maximum atomic E-state index is 15.0. The standard InChI is InChI=1S/C33H38FN7O5/c1-44-21-28(42)33(43)41-11-9-30(27(34)18-41)46-29-7-2-22(16-23(29)17-35)32-36-10-8-31(38-32)37-24-3-5-25(6-4-24)39-12-14-40(15-13-39)26-19-45-20-26/h2-8,10,16,26-28,30,42H,9,11-15,18-21H2,1H3,(H,36,37,38)/t27-,28-,30+/m1/s1. The molecule has 3 fully saturated rings. The summed E-state index contributed by atoms with van der Waals surface area (Å²) in [5.41, 5.74) is 2.91. The van der Waals surface area contributed by atoms with E-state index >= 15 is 4.39 Å². The molecule has 3 atom stereocenters. The third kappa shape index (κ3) is 7.21. The van der Waals surface area contributed by atoms with Gasteiger partial charge in [-0.1, -0.05) is 0 Å². The Bertz CT molecular complexity index is 1540. The lowest BCUT2D eigenvalue weighted by Gasteiger charge is -2.43. The SMILES string of the molecule is COC[C@@H](O)C(=O)N1CC[C@H](Oc2ccc(-c3nccc(Nc4ccc(N5CCN(C6COC6)CC5)cc4)n3)cc2C#N)[C@H](F)C1. The van der Waals surface area contributed by atoms with Crippen LogP contribution >= 0.6 is 0 Å². The van der Waals surface area contributed by atoms with Gasteiger partial charge in [-0.15, -0.1) is 0 Å². The van der Waals surface area contributed by atoms with Crippen LogP contribution in [0.1, 0.15) is 12.0 Å². The van der Waals surface area contributed by atoms with E-state index in [1.54, 1.807) is 30.5 Å². The van der Waals surface area contributed by atoms with Crippen LogP contribution in [0, 0.1) is 11.3 Å². The number of piperidine rings is 1. The summed E-state index contributed by atoms with van der Waals surface area (Å²) in [6, 6.07) is 17.7. The molecule has 0 spiro atoms. The maximum absolute atomic E-state index is 15.0. The van der Waals surface area contributed by atoms with Gasteiger partial charge in [-0.2, -0.15) is 5.26 Å². The number of carbonyl (C=O) groups is 1. The number of hydrogen-bond acceptors (Lipinski definition) is 11. The van der Waals surface area contributed by atoms with Gasteiger partial charge in [-0.05, 0) is 48.5 Å². The second-order valence-corrected chi connectivity index (χ2v) is 11.7. The number of nitrogens with zero attached hydrogens (tertiary/aromatic N) is 6. The number of aromatic nitrogens is 2. The molecule has 3 aliphatic heterocycles. The second-order valence-electron chi connectivity index (χ2n) is 11.7. The van der Waals surface area contributed by atoms with E-state index in [-0.39, 0.29) is 37.4 Å². The van der Waals surface area contributed by atoms with E-state index in [0.29, 0.717) is 23.2 Å². The molecule has 3 aromatic rings. The molecule has 13 heteroatoms. The Hall–Kier alpha value is -4.35. The van der Waals surface area contributed by atoms with Crippen molar-refractivity contribution in [1.82, 2.24) is 19.8 Å². The Morgan fingerprint density at radius 1 is 1.15 bits per heavy atom. The van der Waals surface area contributed by atoms with Crippen LogP contribution < -0.4 is 15.0 Å². The zero-order valence-corrected chi connectivity index (χ0v) is 25.7. The van der Waals surface area contributed by atoms with Gasteiger partial charge in [0.1, 0.15) is 23.7 Å². The molecule has 0 unspecified atom stereocenters. The number of alkyl halides is 1. The van der Waals surface area contributed by atoms with Crippen LogP contribution in [0.3, 0.4) is 0 Å². The molecule has 0 bridgehead atoms. The number of halogens is 1. The topological polar surface area (TPSA) is 136 Å². The summed E-state index contributed by atoms with van der Waals surface area (Å²) < 4.78 is 31.1. The lowest BCUT2D eigenvalue weighted by molar-refractivity contribution is -0.146. The summed E-state index contributed by atoms with van der Waals surface area (Å²) in [6.07, 6.45) is -1.81. The smallest absolute Gasteiger partial charge is 0.253 e. The number of likely N-dealkylation sites (tertiary alicyclic amines) is 1. The zero-order chi connectivity index (χ0) is 32.0. The summed E-state index contributed by atoms with van der Waals surface area (Å²) in [6.45, 7) is 5.59. The number of anilines is 3. The van der Waals surface area contributed by atoms with Crippen LogP contribution in [0.5, 0.6) is 5.75 Å². The van der Waals surface area contributed by atoms with Gasteiger partial charge < -0.3 is 34.4 Å². The third-order valence-corrected chi connectivity index (χ3v) is 8.65. The average Bonchev–Trinajstić information content (AvgIpc) is 3.05. The molecule has 46 heavy (non-hydrogen) atoms. The maximum Gasteiger partial charge on any atom is 0.253 e. The Morgan fingerprint density at radius 2 is 1.93 bits per heavy atom. The Kier molecular flexibility index (Phi) is 9.89. The molecular weight excluding hydrogens is 593 g/mol. The summed E-state index contributed by atoms with van der Waals surface area (Å²) in [5.74, 6) is 0.684. The van der Waals surface area contributed by atoms with E-state index in [1.807, 2.05) is 12.1 Å². The van der Waals surface area contributed by atoms with Gasteiger partial charge in [0.25, 0.3) is 5.91 Å². The summed E-state index contributed by atoms with van der Waals surface area (Å²) in [7, 11) is 1.38. The van der Waals surface area contributed by atoms with Crippen molar-refractivity contribution in [2.45, 2.75) is 30.8 Å². The molecule has 1 aromatic heterocycles. The first kappa shape index (κ1) is 31.6. The Morgan fingerprint density at radius 3 is 2.61 bits per heavy atom. The molecule has 3 saturated heterocycles. The van der Waals surface area contributed by atoms with E-state index in [4.69, 9.17) is 14.2 Å². The largest absolute Gasteiger partial charge is 0.486 e. The van der Waals surface area contributed by atoms with Crippen molar-refractivity contribution in [2.75, 3.05) is 76.4 Å². The van der Waals surface area contributed by atoms with Crippen molar-refractivity contribution in [2.24, 2.45) is 0 Å². The highest BCUT2D eigenvalue weighted by atomic mass is 19.1. The average molecular weight is 632 g/mol. The van der Waals surface area contributed by atoms with Crippen molar-refractivity contribution in [3.05, 3.63) is 60.3 Å². The van der Waals surface area contributed by atoms with E-state index in [1.165, 1.54) is 17.7 Å². The number of methoxy groups -OCH3 is 1. The van der Waals surface area contributed by atoms with Crippen molar-refractivity contribution < 1.29 is 28.5 Å². The minimum Gasteiger partial charge on any atom is -0.486 e. The number of amides is 1. The summed E-state index contributed by atoms with van der Waals surface area (Å²) in [5, 5.41) is 23.1. The normalized spacial score (nSPS) is 21.3. The van der Waals surface area contributed by atoms with Crippen molar-refractivity contribution in [1.29, 1.82) is 5.26 Å². The van der Waals surface area contributed by atoms with E-state index in [9.17, 15) is 15.2 Å². The number of hydrogen-bond donors (Lipinski definition) is 2. The Labute approximate surface area is 267 Å². The zero-order valence-electron chi connectivity index (χ0n) is 25.7. The monoisotopic (exact) mass is 631 g/mol. The molecule has 1 amide bonds. The quantitative estimate of drug-likeness (QED) is 0.342. The van der Waals surface area contributed by atoms with E-state index in [0.717, 1.165) is 45.1 Å². The molecule has 4 heterocycles. The molecular formula is C33H38FN7O5. The first-order valence-corrected chi connectivity index (χ1v) is 15.5. The van der Waals surface area contributed by atoms with Gasteiger partial charge in [0.05, 0.1) is 38.0 Å². The molecule has 12 nitrogen and oxygen atoms in total. The highest BCUT2D eigenvalue weighted by Gasteiger charge is 2.35. The van der Waals surface area contributed by atoms with Gasteiger partial charge in [0.2, 0.25) is 0 Å². The highest BCUT2D eigenvalue weighted by Crippen LogP contribution is 2.29.